The summed E-state index contributed by atoms with van der Waals surface area (Å²) in [5.74, 6) is 0.0636. The Balaban J connectivity index is 2.31. The molecular weight excluding hydrogens is 306 g/mol. The Morgan fingerprint density at radius 3 is 2.47 bits per heavy atom. The second kappa shape index (κ2) is 5.25. The Hall–Kier alpha value is -1.49. The van der Waals surface area contributed by atoms with Crippen LogP contribution in [0.1, 0.15) is 33.1 Å². The summed E-state index contributed by atoms with van der Waals surface area (Å²) in [5.41, 5.74) is 4.16. The van der Waals surface area contributed by atoms with Crippen LogP contribution in [0, 0.1) is 20.8 Å². The zero-order valence-corrected chi connectivity index (χ0v) is 13.1. The number of nitrogens with zero attached hydrogens (tertiary/aromatic N) is 3. The molecule has 0 radical (unpaired) electrons. The van der Waals surface area contributed by atoms with Crippen molar-refractivity contribution in [2.75, 3.05) is 0 Å². The lowest BCUT2D eigenvalue weighted by Gasteiger charge is -2.06. The molecule has 2 heterocycles. The highest BCUT2D eigenvalue weighted by atomic mass is 79.9. The van der Waals surface area contributed by atoms with E-state index in [4.69, 9.17) is 0 Å². The zero-order chi connectivity index (χ0) is 14.2. The molecule has 0 aliphatic rings. The van der Waals surface area contributed by atoms with Gasteiger partial charge in [-0.25, -0.2) is 0 Å². The normalized spacial score (nSPS) is 10.8. The maximum absolute atomic E-state index is 12.4. The van der Waals surface area contributed by atoms with Gasteiger partial charge in [-0.15, -0.1) is 0 Å². The molecule has 4 nitrogen and oxygen atoms in total. The summed E-state index contributed by atoms with van der Waals surface area (Å²) in [6.45, 7) is 5.70. The van der Waals surface area contributed by atoms with Crippen molar-refractivity contribution in [2.24, 2.45) is 7.05 Å². The van der Waals surface area contributed by atoms with Crippen molar-refractivity contribution in [1.29, 1.82) is 0 Å². The van der Waals surface area contributed by atoms with E-state index in [2.05, 4.69) is 26.0 Å². The van der Waals surface area contributed by atoms with E-state index in [1.165, 1.54) is 0 Å². The highest BCUT2D eigenvalue weighted by molar-refractivity contribution is 9.10. The molecule has 2 rings (SSSR count). The highest BCUT2D eigenvalue weighted by Gasteiger charge is 2.17. The van der Waals surface area contributed by atoms with Gasteiger partial charge in [0.1, 0.15) is 0 Å². The molecule has 19 heavy (non-hydrogen) atoms. The Morgan fingerprint density at radius 2 is 1.95 bits per heavy atom. The molecule has 0 aliphatic carbocycles. The second-order valence-electron chi connectivity index (χ2n) is 4.66. The van der Waals surface area contributed by atoms with Gasteiger partial charge in [-0.1, -0.05) is 0 Å². The summed E-state index contributed by atoms with van der Waals surface area (Å²) < 4.78 is 2.65. The van der Waals surface area contributed by atoms with Crippen molar-refractivity contribution in [3.63, 3.8) is 0 Å². The van der Waals surface area contributed by atoms with Crippen LogP contribution in [-0.4, -0.2) is 20.5 Å². The van der Waals surface area contributed by atoms with E-state index in [1.54, 1.807) is 4.68 Å². The maximum Gasteiger partial charge on any atom is 0.170 e. The Kier molecular flexibility index (Phi) is 3.85. The number of Topliss-reactive ketones (excluding diaryl/α,β-unsaturated/α-hetero) is 1. The van der Waals surface area contributed by atoms with Gasteiger partial charge >= 0.3 is 0 Å². The lowest BCUT2D eigenvalue weighted by molar-refractivity contribution is 0.0989. The standard InChI is InChI=1S/C14H16BrN3O/c1-8-5-6-11(9(2)16-8)13(19)7-12-14(15)10(3)17-18(12)4/h5-6H,7H2,1-4H3. The van der Waals surface area contributed by atoms with Crippen LogP contribution in [0.3, 0.4) is 0 Å². The molecule has 0 amide bonds. The smallest absolute Gasteiger partial charge is 0.170 e. The summed E-state index contributed by atoms with van der Waals surface area (Å²) in [6, 6.07) is 3.71. The van der Waals surface area contributed by atoms with Crippen LogP contribution in [0.15, 0.2) is 16.6 Å². The third kappa shape index (κ3) is 2.76. The van der Waals surface area contributed by atoms with Gasteiger partial charge in [0, 0.05) is 24.0 Å². The molecule has 2 aromatic heterocycles. The molecule has 100 valence electrons. The molecule has 0 unspecified atom stereocenters. The summed E-state index contributed by atoms with van der Waals surface area (Å²) in [5, 5.41) is 4.30. The molecule has 5 heteroatoms. The Morgan fingerprint density at radius 1 is 1.26 bits per heavy atom. The molecule has 0 aliphatic heterocycles. The molecule has 0 atom stereocenters. The predicted molar refractivity (Wildman–Crippen MR) is 77.4 cm³/mol. The van der Waals surface area contributed by atoms with Crippen LogP contribution < -0.4 is 0 Å². The van der Waals surface area contributed by atoms with Gasteiger partial charge in [-0.05, 0) is 48.8 Å². The molecular formula is C14H16BrN3O. The zero-order valence-electron chi connectivity index (χ0n) is 11.5. The fourth-order valence-electron chi connectivity index (χ4n) is 2.10. The number of hydrogen-bond donors (Lipinski definition) is 0. The first-order valence-corrected chi connectivity index (χ1v) is 6.85. The summed E-state index contributed by atoms with van der Waals surface area (Å²) >= 11 is 3.48. The minimum Gasteiger partial charge on any atom is -0.294 e. The number of aryl methyl sites for hydroxylation is 4. The molecule has 0 fully saturated rings. The van der Waals surface area contributed by atoms with Crippen LogP contribution in [-0.2, 0) is 13.5 Å². The maximum atomic E-state index is 12.4. The number of pyridine rings is 1. The number of hydrogen-bond acceptors (Lipinski definition) is 3. The summed E-state index contributed by atoms with van der Waals surface area (Å²) in [7, 11) is 1.85. The van der Waals surface area contributed by atoms with Crippen molar-refractivity contribution < 1.29 is 4.79 Å². The number of ketones is 1. The van der Waals surface area contributed by atoms with Crippen LogP contribution in [0.4, 0.5) is 0 Å². The van der Waals surface area contributed by atoms with E-state index >= 15 is 0 Å². The lowest BCUT2D eigenvalue weighted by Crippen LogP contribution is -2.10. The van der Waals surface area contributed by atoms with Crippen molar-refractivity contribution >= 4 is 21.7 Å². The quantitative estimate of drug-likeness (QED) is 0.817. The van der Waals surface area contributed by atoms with Crippen LogP contribution in [0.5, 0.6) is 0 Å². The van der Waals surface area contributed by atoms with Gasteiger partial charge in [-0.3, -0.25) is 14.5 Å². The monoisotopic (exact) mass is 321 g/mol. The first-order valence-electron chi connectivity index (χ1n) is 6.05. The average molecular weight is 322 g/mol. The van der Waals surface area contributed by atoms with Crippen molar-refractivity contribution in [2.45, 2.75) is 27.2 Å². The number of halogens is 1. The summed E-state index contributed by atoms with van der Waals surface area (Å²) in [4.78, 5) is 16.7. The molecule has 0 N–H and O–H groups in total. The SMILES string of the molecule is Cc1ccc(C(=O)Cc2c(Br)c(C)nn2C)c(C)n1. The van der Waals surface area contributed by atoms with E-state index in [0.717, 1.165) is 27.2 Å². The first-order chi connectivity index (χ1) is 8.90. The predicted octanol–water partition coefficient (Wildman–Crippen LogP) is 2.93. The Bertz CT molecular complexity index is 646. The van der Waals surface area contributed by atoms with Gasteiger partial charge in [0.2, 0.25) is 0 Å². The molecule has 0 aromatic carbocycles. The van der Waals surface area contributed by atoms with Gasteiger partial charge in [0.15, 0.2) is 5.78 Å². The van der Waals surface area contributed by atoms with E-state index < -0.39 is 0 Å². The van der Waals surface area contributed by atoms with Gasteiger partial charge in [-0.2, -0.15) is 5.10 Å². The number of carbonyl (C=O) groups excluding carboxylic acids is 1. The fourth-order valence-corrected chi connectivity index (χ4v) is 2.58. The number of aromatic nitrogens is 3. The van der Waals surface area contributed by atoms with E-state index in [9.17, 15) is 4.79 Å². The Labute approximate surface area is 121 Å². The number of carbonyl (C=O) groups is 1. The third-order valence-corrected chi connectivity index (χ3v) is 4.15. The largest absolute Gasteiger partial charge is 0.294 e. The van der Waals surface area contributed by atoms with E-state index in [1.807, 2.05) is 40.0 Å². The fraction of sp³-hybridized carbons (Fsp3) is 0.357. The van der Waals surface area contributed by atoms with E-state index in [0.29, 0.717) is 12.0 Å². The van der Waals surface area contributed by atoms with Crippen LogP contribution in [0.2, 0.25) is 0 Å². The van der Waals surface area contributed by atoms with Gasteiger partial charge in [0.05, 0.1) is 22.3 Å². The lowest BCUT2D eigenvalue weighted by atomic mass is 10.0. The number of rotatable bonds is 3. The van der Waals surface area contributed by atoms with Crippen LogP contribution in [0.25, 0.3) is 0 Å². The molecule has 2 aromatic rings. The van der Waals surface area contributed by atoms with Gasteiger partial charge in [0.25, 0.3) is 0 Å². The van der Waals surface area contributed by atoms with E-state index in [-0.39, 0.29) is 5.78 Å². The minimum atomic E-state index is 0.0636. The average Bonchev–Trinajstić information content (AvgIpc) is 2.56. The van der Waals surface area contributed by atoms with Crippen molar-refractivity contribution in [3.8, 4) is 0 Å². The topological polar surface area (TPSA) is 47.8 Å². The first kappa shape index (κ1) is 13.9. The second-order valence-corrected chi connectivity index (χ2v) is 5.45. The molecule has 0 spiro atoms. The molecule has 0 saturated carbocycles. The minimum absolute atomic E-state index is 0.0636. The highest BCUT2D eigenvalue weighted by Crippen LogP contribution is 2.22. The van der Waals surface area contributed by atoms with Crippen molar-refractivity contribution in [1.82, 2.24) is 14.8 Å². The van der Waals surface area contributed by atoms with Crippen molar-refractivity contribution in [3.05, 3.63) is 44.9 Å². The van der Waals surface area contributed by atoms with Crippen LogP contribution >= 0.6 is 15.9 Å². The molecule has 0 saturated heterocycles. The summed E-state index contributed by atoms with van der Waals surface area (Å²) in [6.07, 6.45) is 0.323. The third-order valence-electron chi connectivity index (χ3n) is 3.12. The molecule has 0 bridgehead atoms. The van der Waals surface area contributed by atoms with Gasteiger partial charge < -0.3 is 0 Å².